The number of benzene rings is 1. The molecule has 2 aliphatic heterocycles. The van der Waals surface area contributed by atoms with Crippen LogP contribution in [0.1, 0.15) is 46.8 Å². The molecule has 0 amide bonds. The lowest BCUT2D eigenvalue weighted by atomic mass is 9.85. The van der Waals surface area contributed by atoms with E-state index in [0.717, 1.165) is 18.4 Å². The molecule has 0 saturated carbocycles. The van der Waals surface area contributed by atoms with Gasteiger partial charge >= 0.3 is 0 Å². The average Bonchev–Trinajstić information content (AvgIpc) is 3.09. The molecule has 4 heteroatoms. The van der Waals surface area contributed by atoms with Gasteiger partial charge < -0.3 is 4.57 Å². The van der Waals surface area contributed by atoms with Crippen LogP contribution in [-0.2, 0) is 19.5 Å². The zero-order chi connectivity index (χ0) is 18.1. The Bertz CT molecular complexity index is 1110. The van der Waals surface area contributed by atoms with Gasteiger partial charge in [0.15, 0.2) is 0 Å². The minimum Gasteiger partial charge on any atom is -0.320 e. The Hall–Kier alpha value is -2.46. The summed E-state index contributed by atoms with van der Waals surface area (Å²) in [5, 5.41) is 1.24. The highest BCUT2D eigenvalue weighted by Gasteiger charge is 2.40. The van der Waals surface area contributed by atoms with Gasteiger partial charge in [0.1, 0.15) is 6.67 Å². The Morgan fingerprint density at radius 1 is 1.26 bits per heavy atom. The smallest absolute Gasteiger partial charge is 0.115 e. The number of halogens is 1. The molecule has 0 spiro atoms. The topological polar surface area (TPSA) is 21.1 Å². The van der Waals surface area contributed by atoms with Crippen LogP contribution in [0.25, 0.3) is 22.7 Å². The molecule has 3 aromatic rings. The van der Waals surface area contributed by atoms with Gasteiger partial charge in [0.05, 0.1) is 5.52 Å². The number of pyridine rings is 1. The second-order valence-electron chi connectivity index (χ2n) is 8.20. The largest absolute Gasteiger partial charge is 0.320 e. The van der Waals surface area contributed by atoms with E-state index in [2.05, 4.69) is 45.9 Å². The van der Waals surface area contributed by atoms with Crippen molar-refractivity contribution in [1.29, 1.82) is 0 Å². The predicted molar refractivity (Wildman–Crippen MR) is 106 cm³/mol. The lowest BCUT2D eigenvalue weighted by Crippen LogP contribution is -2.34. The first-order chi connectivity index (χ1) is 13.2. The van der Waals surface area contributed by atoms with Crippen molar-refractivity contribution in [2.24, 2.45) is 0 Å². The Labute approximate surface area is 158 Å². The van der Waals surface area contributed by atoms with E-state index in [4.69, 9.17) is 0 Å². The normalized spacial score (nSPS) is 24.9. The lowest BCUT2D eigenvalue weighted by Gasteiger charge is -2.32. The van der Waals surface area contributed by atoms with Gasteiger partial charge in [-0.05, 0) is 65.9 Å². The molecule has 2 atom stereocenters. The summed E-state index contributed by atoms with van der Waals surface area (Å²) < 4.78 is 15.8. The number of hydrogen-bond donors (Lipinski definition) is 0. The van der Waals surface area contributed by atoms with E-state index in [1.54, 1.807) is 0 Å². The van der Waals surface area contributed by atoms with Crippen LogP contribution in [0.5, 0.6) is 0 Å². The molecule has 2 unspecified atom stereocenters. The van der Waals surface area contributed by atoms with Crippen molar-refractivity contribution in [1.82, 2.24) is 14.5 Å². The highest BCUT2D eigenvalue weighted by molar-refractivity contribution is 5.93. The van der Waals surface area contributed by atoms with E-state index >= 15 is 0 Å². The molecule has 1 aromatic carbocycles. The molecule has 1 aliphatic carbocycles. The van der Waals surface area contributed by atoms with Crippen LogP contribution in [-0.4, -0.2) is 27.5 Å². The highest BCUT2D eigenvalue weighted by Crippen LogP contribution is 2.47. The summed E-state index contributed by atoms with van der Waals surface area (Å²) in [5.74, 6) is 0. The summed E-state index contributed by atoms with van der Waals surface area (Å²) in [6.45, 7) is -0.402. The zero-order valence-electron chi connectivity index (χ0n) is 15.5. The second kappa shape index (κ2) is 5.52. The average molecular weight is 359 g/mol. The van der Waals surface area contributed by atoms with Crippen molar-refractivity contribution in [3.63, 3.8) is 0 Å². The van der Waals surface area contributed by atoms with E-state index in [-0.39, 0.29) is 0 Å². The van der Waals surface area contributed by atoms with Crippen LogP contribution in [0.3, 0.4) is 0 Å². The molecule has 3 nitrogen and oxygen atoms in total. The van der Waals surface area contributed by atoms with Crippen molar-refractivity contribution in [2.75, 3.05) is 7.05 Å². The van der Waals surface area contributed by atoms with Gasteiger partial charge in [-0.15, -0.1) is 0 Å². The molecule has 0 radical (unpaired) electrons. The third-order valence-corrected chi connectivity index (χ3v) is 6.89. The Morgan fingerprint density at radius 3 is 3.04 bits per heavy atom. The van der Waals surface area contributed by atoms with Crippen molar-refractivity contribution >= 4 is 22.7 Å². The number of likely N-dealkylation sites (N-methyl/N-ethyl adjacent to an activating group) is 1. The van der Waals surface area contributed by atoms with Gasteiger partial charge in [-0.25, -0.2) is 4.39 Å². The summed E-state index contributed by atoms with van der Waals surface area (Å²) in [7, 11) is 2.25. The lowest BCUT2D eigenvalue weighted by molar-refractivity contribution is 0.223. The molecule has 4 heterocycles. The van der Waals surface area contributed by atoms with Gasteiger partial charge in [-0.2, -0.15) is 0 Å². The molecule has 3 aliphatic rings. The maximum absolute atomic E-state index is 13.4. The molecule has 1 saturated heterocycles. The zero-order valence-corrected chi connectivity index (χ0v) is 15.5. The quantitative estimate of drug-likeness (QED) is 0.658. The molecular weight excluding hydrogens is 337 g/mol. The number of hydrogen-bond acceptors (Lipinski definition) is 2. The molecule has 27 heavy (non-hydrogen) atoms. The maximum Gasteiger partial charge on any atom is 0.115 e. The van der Waals surface area contributed by atoms with E-state index in [0.29, 0.717) is 12.1 Å². The first kappa shape index (κ1) is 15.6. The van der Waals surface area contributed by atoms with Gasteiger partial charge in [0, 0.05) is 54.6 Å². The third kappa shape index (κ3) is 2.08. The van der Waals surface area contributed by atoms with Crippen LogP contribution in [0, 0.1) is 0 Å². The van der Waals surface area contributed by atoms with Crippen LogP contribution in [0.4, 0.5) is 4.39 Å². The van der Waals surface area contributed by atoms with E-state index in [1.807, 2.05) is 18.5 Å². The number of allylic oxidation sites excluding steroid dienone is 1. The number of rotatable bonds is 2. The minimum atomic E-state index is -0.402. The fraction of sp³-hybridized carbons (Fsp3) is 0.348. The summed E-state index contributed by atoms with van der Waals surface area (Å²) >= 11 is 0. The Morgan fingerprint density at radius 2 is 2.19 bits per heavy atom. The number of alkyl halides is 1. The molecule has 1 fully saturated rings. The first-order valence-corrected chi connectivity index (χ1v) is 9.82. The van der Waals surface area contributed by atoms with Crippen molar-refractivity contribution in [3.05, 3.63) is 64.6 Å². The fourth-order valence-corrected chi connectivity index (χ4v) is 5.43. The maximum atomic E-state index is 13.4. The van der Waals surface area contributed by atoms with Gasteiger partial charge in [0.2, 0.25) is 0 Å². The Kier molecular flexibility index (Phi) is 3.19. The van der Waals surface area contributed by atoms with Crippen LogP contribution in [0.15, 0.2) is 36.7 Å². The van der Waals surface area contributed by atoms with Crippen molar-refractivity contribution in [3.8, 4) is 0 Å². The molecule has 2 bridgehead atoms. The van der Waals surface area contributed by atoms with Crippen LogP contribution in [0.2, 0.25) is 0 Å². The predicted octanol–water partition coefficient (Wildman–Crippen LogP) is 4.75. The van der Waals surface area contributed by atoms with Gasteiger partial charge in [0.25, 0.3) is 0 Å². The summed E-state index contributed by atoms with van der Waals surface area (Å²) in [5.41, 5.74) is 8.87. The van der Waals surface area contributed by atoms with E-state index in [9.17, 15) is 4.39 Å². The van der Waals surface area contributed by atoms with Crippen molar-refractivity contribution < 1.29 is 4.39 Å². The van der Waals surface area contributed by atoms with Crippen molar-refractivity contribution in [2.45, 2.75) is 44.4 Å². The fourth-order valence-electron chi connectivity index (χ4n) is 5.43. The van der Waals surface area contributed by atoms with E-state index in [1.165, 1.54) is 51.7 Å². The first-order valence-electron chi connectivity index (χ1n) is 9.82. The SMILES string of the molecule is CN1C2CCC1c1c(n(/C=C3\Cc4cnccc43)c3ccc(CF)cc13)C2. The van der Waals surface area contributed by atoms with Crippen LogP contribution < -0.4 is 0 Å². The Balaban J connectivity index is 1.59. The highest BCUT2D eigenvalue weighted by atomic mass is 19.1. The standard InChI is InChI=1S/C23H22FN3/c1-26-17-3-5-21(26)23-19-8-14(11-24)2-4-20(19)27(22(23)10-17)13-16-9-15-12-25-7-6-18(15)16/h2,4,6-8,12-13,17,21H,3,5,9-11H2,1H3/b16-13+. The molecule has 0 N–H and O–H groups in total. The van der Waals surface area contributed by atoms with Crippen LogP contribution >= 0.6 is 0 Å². The van der Waals surface area contributed by atoms with E-state index < -0.39 is 6.67 Å². The third-order valence-electron chi connectivity index (χ3n) is 6.89. The number of nitrogens with zero attached hydrogens (tertiary/aromatic N) is 3. The summed E-state index contributed by atoms with van der Waals surface area (Å²) in [6.07, 6.45) is 10.7. The molecule has 136 valence electrons. The minimum absolute atomic E-state index is 0.402. The van der Waals surface area contributed by atoms with Gasteiger partial charge in [-0.1, -0.05) is 6.07 Å². The summed E-state index contributed by atoms with van der Waals surface area (Å²) in [6, 6.07) is 9.33. The van der Waals surface area contributed by atoms with Gasteiger partial charge in [-0.3, -0.25) is 9.88 Å². The second-order valence-corrected chi connectivity index (χ2v) is 8.20. The molecular formula is C23H22FN3. The number of fused-ring (bicyclic) bond motifs is 7. The monoisotopic (exact) mass is 359 g/mol. The number of aromatic nitrogens is 2. The summed E-state index contributed by atoms with van der Waals surface area (Å²) in [4.78, 5) is 6.76. The molecule has 6 rings (SSSR count). The molecule has 2 aromatic heterocycles.